The number of rotatable bonds is 5. The summed E-state index contributed by atoms with van der Waals surface area (Å²) in [6.07, 6.45) is 1.01. The van der Waals surface area contributed by atoms with Crippen LogP contribution in [0.2, 0.25) is 0 Å². The molecule has 0 saturated heterocycles. The lowest BCUT2D eigenvalue weighted by atomic mass is 9.96. The number of nitrogens with zero attached hydrogens (tertiary/aromatic N) is 1. The largest absolute Gasteiger partial charge is 0.378 e. The molecule has 106 valence electrons. The topological polar surface area (TPSA) is 15.3 Å². The fourth-order valence-electron chi connectivity index (χ4n) is 2.47. The van der Waals surface area contributed by atoms with Crippen molar-refractivity contribution >= 4 is 5.69 Å². The number of aryl methyl sites for hydroxylation is 1. The zero-order valence-corrected chi connectivity index (χ0v) is 12.9. The second-order valence-electron chi connectivity index (χ2n) is 5.46. The van der Waals surface area contributed by atoms with Gasteiger partial charge < -0.3 is 10.2 Å². The summed E-state index contributed by atoms with van der Waals surface area (Å²) < 4.78 is 0. The van der Waals surface area contributed by atoms with Crippen molar-refractivity contribution in [2.75, 3.05) is 26.0 Å². The molecule has 1 unspecified atom stereocenters. The first-order chi connectivity index (χ1) is 9.61. The highest BCUT2D eigenvalue weighted by Crippen LogP contribution is 2.23. The van der Waals surface area contributed by atoms with E-state index in [1.54, 1.807) is 0 Å². The van der Waals surface area contributed by atoms with Crippen LogP contribution in [0.4, 0.5) is 5.69 Å². The zero-order chi connectivity index (χ0) is 14.5. The van der Waals surface area contributed by atoms with Gasteiger partial charge >= 0.3 is 0 Å². The Balaban J connectivity index is 2.24. The Morgan fingerprint density at radius 3 is 2.45 bits per heavy atom. The Labute approximate surface area is 122 Å². The van der Waals surface area contributed by atoms with Gasteiger partial charge in [0.05, 0.1) is 0 Å². The molecule has 2 rings (SSSR count). The van der Waals surface area contributed by atoms with Gasteiger partial charge in [0, 0.05) is 25.8 Å². The molecule has 2 heteroatoms. The van der Waals surface area contributed by atoms with E-state index in [9.17, 15) is 0 Å². The summed E-state index contributed by atoms with van der Waals surface area (Å²) in [6, 6.07) is 17.7. The molecule has 20 heavy (non-hydrogen) atoms. The maximum Gasteiger partial charge on any atom is 0.0364 e. The third-order valence-electron chi connectivity index (χ3n) is 3.82. The summed E-state index contributed by atoms with van der Waals surface area (Å²) in [6.45, 7) is 2.18. The Morgan fingerprint density at radius 2 is 1.80 bits per heavy atom. The van der Waals surface area contributed by atoms with Crippen molar-refractivity contribution in [3.8, 4) is 0 Å². The molecule has 1 atom stereocenters. The lowest BCUT2D eigenvalue weighted by Crippen LogP contribution is -2.20. The minimum Gasteiger partial charge on any atom is -0.378 e. The molecule has 2 aromatic rings. The van der Waals surface area contributed by atoms with E-state index in [2.05, 4.69) is 79.8 Å². The first-order valence-corrected chi connectivity index (χ1v) is 7.11. The fraction of sp³-hybridized carbons (Fsp3) is 0.333. The van der Waals surface area contributed by atoms with Crippen molar-refractivity contribution in [3.05, 3.63) is 65.2 Å². The fourth-order valence-corrected chi connectivity index (χ4v) is 2.47. The van der Waals surface area contributed by atoms with Gasteiger partial charge in [0.1, 0.15) is 0 Å². The van der Waals surface area contributed by atoms with E-state index < -0.39 is 0 Å². The van der Waals surface area contributed by atoms with E-state index in [0.29, 0.717) is 6.04 Å². The van der Waals surface area contributed by atoms with Crippen LogP contribution in [0.5, 0.6) is 0 Å². The summed E-state index contributed by atoms with van der Waals surface area (Å²) in [7, 11) is 6.19. The van der Waals surface area contributed by atoms with E-state index in [4.69, 9.17) is 0 Å². The summed E-state index contributed by atoms with van der Waals surface area (Å²) in [5.41, 5.74) is 5.34. The lowest BCUT2D eigenvalue weighted by molar-refractivity contribution is 0.590. The number of hydrogen-bond donors (Lipinski definition) is 1. The zero-order valence-electron chi connectivity index (χ0n) is 12.9. The Hall–Kier alpha value is -1.80. The van der Waals surface area contributed by atoms with Crippen LogP contribution in [0.3, 0.4) is 0 Å². The number of hydrogen-bond acceptors (Lipinski definition) is 2. The first-order valence-electron chi connectivity index (χ1n) is 7.11. The normalized spacial score (nSPS) is 12.2. The predicted octanol–water partition coefficient (Wildman–Crippen LogP) is 3.56. The molecule has 0 saturated carbocycles. The van der Waals surface area contributed by atoms with Crippen molar-refractivity contribution in [3.63, 3.8) is 0 Å². The van der Waals surface area contributed by atoms with Gasteiger partial charge in [0.2, 0.25) is 0 Å². The molecule has 2 aromatic carbocycles. The molecule has 0 spiro atoms. The molecule has 0 heterocycles. The van der Waals surface area contributed by atoms with Gasteiger partial charge in [-0.05, 0) is 49.2 Å². The van der Waals surface area contributed by atoms with Crippen molar-refractivity contribution in [2.24, 2.45) is 0 Å². The van der Waals surface area contributed by atoms with Crippen molar-refractivity contribution < 1.29 is 0 Å². The molecule has 0 aliphatic rings. The highest BCUT2D eigenvalue weighted by atomic mass is 15.1. The van der Waals surface area contributed by atoms with E-state index in [-0.39, 0.29) is 0 Å². The minimum atomic E-state index is 0.344. The van der Waals surface area contributed by atoms with Gasteiger partial charge in [0.25, 0.3) is 0 Å². The van der Waals surface area contributed by atoms with E-state index in [0.717, 1.165) is 6.42 Å². The average molecular weight is 268 g/mol. The van der Waals surface area contributed by atoms with Crippen LogP contribution in [0.15, 0.2) is 48.5 Å². The second kappa shape index (κ2) is 6.58. The summed E-state index contributed by atoms with van der Waals surface area (Å²) >= 11 is 0. The first kappa shape index (κ1) is 14.6. The molecule has 2 nitrogen and oxygen atoms in total. The number of likely N-dealkylation sites (N-methyl/N-ethyl adjacent to an activating group) is 1. The highest BCUT2D eigenvalue weighted by Gasteiger charge is 2.12. The number of benzene rings is 2. The highest BCUT2D eigenvalue weighted by molar-refractivity contribution is 5.48. The Morgan fingerprint density at radius 1 is 1.05 bits per heavy atom. The molecule has 0 aliphatic carbocycles. The number of nitrogens with one attached hydrogen (secondary N) is 1. The molecule has 0 amide bonds. The minimum absolute atomic E-state index is 0.344. The standard InChI is InChI=1S/C18H24N2/c1-14-8-5-6-9-15(14)13-18(19-2)16-10-7-11-17(12-16)20(3)4/h5-12,18-19H,13H2,1-4H3. The van der Waals surface area contributed by atoms with Crippen LogP contribution >= 0.6 is 0 Å². The Bertz CT molecular complexity index is 561. The van der Waals surface area contributed by atoms with Crippen LogP contribution < -0.4 is 10.2 Å². The van der Waals surface area contributed by atoms with E-state index in [1.165, 1.54) is 22.4 Å². The third-order valence-corrected chi connectivity index (χ3v) is 3.82. The molecule has 0 aromatic heterocycles. The predicted molar refractivity (Wildman–Crippen MR) is 87.5 cm³/mol. The molecule has 1 N–H and O–H groups in total. The smallest absolute Gasteiger partial charge is 0.0364 e. The Kier molecular flexibility index (Phi) is 4.80. The van der Waals surface area contributed by atoms with Crippen LogP contribution in [-0.4, -0.2) is 21.1 Å². The molecule has 0 bridgehead atoms. The van der Waals surface area contributed by atoms with Gasteiger partial charge in [0.15, 0.2) is 0 Å². The quantitative estimate of drug-likeness (QED) is 0.892. The van der Waals surface area contributed by atoms with Gasteiger partial charge in [-0.1, -0.05) is 36.4 Å². The van der Waals surface area contributed by atoms with Crippen molar-refractivity contribution in [2.45, 2.75) is 19.4 Å². The van der Waals surface area contributed by atoms with Gasteiger partial charge in [-0.15, -0.1) is 0 Å². The summed E-state index contributed by atoms with van der Waals surface area (Å²) in [5, 5.41) is 3.44. The summed E-state index contributed by atoms with van der Waals surface area (Å²) in [4.78, 5) is 2.14. The van der Waals surface area contributed by atoms with E-state index in [1.807, 2.05) is 7.05 Å². The average Bonchev–Trinajstić information content (AvgIpc) is 2.46. The monoisotopic (exact) mass is 268 g/mol. The molecule has 0 aliphatic heterocycles. The third kappa shape index (κ3) is 3.40. The SMILES string of the molecule is CNC(Cc1ccccc1C)c1cccc(N(C)C)c1. The molecular weight excluding hydrogens is 244 g/mol. The van der Waals surface area contributed by atoms with Crippen LogP contribution in [0.1, 0.15) is 22.7 Å². The summed E-state index contributed by atoms with van der Waals surface area (Å²) in [5.74, 6) is 0. The van der Waals surface area contributed by atoms with Crippen LogP contribution in [0.25, 0.3) is 0 Å². The number of anilines is 1. The molecular formula is C18H24N2. The lowest BCUT2D eigenvalue weighted by Gasteiger charge is -2.20. The molecule has 0 fully saturated rings. The van der Waals surface area contributed by atoms with Crippen LogP contribution in [0, 0.1) is 6.92 Å². The van der Waals surface area contributed by atoms with E-state index >= 15 is 0 Å². The van der Waals surface area contributed by atoms with Crippen LogP contribution in [-0.2, 0) is 6.42 Å². The van der Waals surface area contributed by atoms with Gasteiger partial charge in [-0.25, -0.2) is 0 Å². The second-order valence-corrected chi connectivity index (χ2v) is 5.46. The van der Waals surface area contributed by atoms with Crippen molar-refractivity contribution in [1.29, 1.82) is 0 Å². The van der Waals surface area contributed by atoms with Gasteiger partial charge in [-0.3, -0.25) is 0 Å². The maximum atomic E-state index is 3.44. The molecule has 0 radical (unpaired) electrons. The maximum absolute atomic E-state index is 3.44. The van der Waals surface area contributed by atoms with Crippen molar-refractivity contribution in [1.82, 2.24) is 5.32 Å². The van der Waals surface area contributed by atoms with Gasteiger partial charge in [-0.2, -0.15) is 0 Å².